The van der Waals surface area contributed by atoms with Crippen LogP contribution in [0.5, 0.6) is 0 Å². The SMILES string of the molecule is CCCC[C@@H](C)[C@@H](OC(=O)C[C@@H]([13CH2][13C](=O)O)C(=O)O)[C@H](C[C@@H](C)C[C@H](O)CCCC[C@@H](O)C[C@H](O)[C@H](C)N)OC(=O)C[C@H]([13CH2][13C](=O)O)C(=O)O. The van der Waals surface area contributed by atoms with Crippen molar-refractivity contribution in [3.8, 4) is 0 Å². The van der Waals surface area contributed by atoms with Crippen molar-refractivity contribution >= 4 is 35.8 Å². The van der Waals surface area contributed by atoms with Crippen LogP contribution >= 0.6 is 0 Å². The molecule has 0 spiro atoms. The standard InChI is InChI=1S/C34H59NO15/c1-5-6-9-20(3)32(50-31(44)17-23(34(47)48)15-29(41)42)27(49-30(43)16-22(33(45)46)14-28(39)40)13-19(2)12-24(36)10-7-8-11-25(37)18-26(38)21(4)35/h19-27,32,36-38H,5-18,35H2,1-4H3,(H,39,40)(H,41,42)(H,45,46)(H,47,48)/t19-,20+,21-,22-,23+,24+,25+,26-,27-,32+/m0/s1/i14+1,15+1,28+1,29+1. The lowest BCUT2D eigenvalue weighted by molar-refractivity contribution is -0.177. The topological polar surface area (TPSA) is 289 Å². The lowest BCUT2D eigenvalue weighted by Crippen LogP contribution is -2.42. The molecule has 290 valence electrons. The molecule has 0 bridgehead atoms. The number of ether oxygens (including phenoxy) is 2. The molecule has 0 aromatic carbocycles. The van der Waals surface area contributed by atoms with Crippen LogP contribution in [0.1, 0.15) is 118 Å². The van der Waals surface area contributed by atoms with Crippen LogP contribution in [0.2, 0.25) is 0 Å². The number of unbranched alkanes of at least 4 members (excludes halogenated alkanes) is 2. The molecule has 9 N–H and O–H groups in total. The van der Waals surface area contributed by atoms with Gasteiger partial charge in [-0.1, -0.05) is 46.5 Å². The highest BCUT2D eigenvalue weighted by Gasteiger charge is 2.37. The van der Waals surface area contributed by atoms with Gasteiger partial charge < -0.3 is 51.0 Å². The van der Waals surface area contributed by atoms with Crippen molar-refractivity contribution in [3.05, 3.63) is 0 Å². The average molecular weight is 726 g/mol. The van der Waals surface area contributed by atoms with E-state index >= 15 is 0 Å². The van der Waals surface area contributed by atoms with Crippen molar-refractivity contribution < 1.29 is 74.0 Å². The Morgan fingerprint density at radius 1 is 0.620 bits per heavy atom. The molecule has 0 heterocycles. The third-order valence-electron chi connectivity index (χ3n) is 8.61. The highest BCUT2D eigenvalue weighted by molar-refractivity contribution is 5.83. The maximum atomic E-state index is 13.0. The van der Waals surface area contributed by atoms with Crippen LogP contribution in [0, 0.1) is 23.7 Å². The van der Waals surface area contributed by atoms with Gasteiger partial charge in [-0.2, -0.15) is 0 Å². The smallest absolute Gasteiger partial charge is 0.307 e. The number of nitrogens with two attached hydrogens (primary N) is 1. The molecule has 0 saturated heterocycles. The maximum Gasteiger partial charge on any atom is 0.307 e. The van der Waals surface area contributed by atoms with Gasteiger partial charge in [0.2, 0.25) is 0 Å². The summed E-state index contributed by atoms with van der Waals surface area (Å²) in [5, 5.41) is 67.8. The molecule has 50 heavy (non-hydrogen) atoms. The van der Waals surface area contributed by atoms with Crippen molar-refractivity contribution in [1.29, 1.82) is 0 Å². The van der Waals surface area contributed by atoms with Crippen LogP contribution in [0.3, 0.4) is 0 Å². The number of rotatable bonds is 29. The molecule has 0 aliphatic heterocycles. The molecule has 10 atom stereocenters. The van der Waals surface area contributed by atoms with Crippen molar-refractivity contribution in [3.63, 3.8) is 0 Å². The first kappa shape index (κ1) is 46.7. The first-order valence-electron chi connectivity index (χ1n) is 17.3. The van der Waals surface area contributed by atoms with Crippen molar-refractivity contribution in [1.82, 2.24) is 0 Å². The summed E-state index contributed by atoms with van der Waals surface area (Å²) in [6.45, 7) is 7.06. The second kappa shape index (κ2) is 24.7. The summed E-state index contributed by atoms with van der Waals surface area (Å²) in [6.07, 6.45) is -3.74. The number of carbonyl (C=O) groups is 6. The summed E-state index contributed by atoms with van der Waals surface area (Å²) in [5.41, 5.74) is 5.63. The Labute approximate surface area is 293 Å². The summed E-state index contributed by atoms with van der Waals surface area (Å²) >= 11 is 0. The maximum absolute atomic E-state index is 13.0. The molecule has 0 rings (SSSR count). The van der Waals surface area contributed by atoms with E-state index in [2.05, 4.69) is 0 Å². The van der Waals surface area contributed by atoms with Gasteiger partial charge in [0.1, 0.15) is 12.2 Å². The van der Waals surface area contributed by atoms with E-state index in [1.807, 2.05) is 6.92 Å². The molecule has 0 saturated carbocycles. The number of carboxylic acids is 4. The van der Waals surface area contributed by atoms with Crippen LogP contribution in [0.25, 0.3) is 0 Å². The Hall–Kier alpha value is -3.34. The van der Waals surface area contributed by atoms with Crippen LogP contribution in [0.4, 0.5) is 0 Å². The van der Waals surface area contributed by atoms with E-state index in [9.17, 15) is 54.3 Å². The summed E-state index contributed by atoms with van der Waals surface area (Å²) in [5.74, 6) is -12.0. The van der Waals surface area contributed by atoms with Crippen molar-refractivity contribution in [2.24, 2.45) is 29.4 Å². The lowest BCUT2D eigenvalue weighted by atomic mass is 9.87. The van der Waals surface area contributed by atoms with E-state index in [1.165, 1.54) is 0 Å². The molecule has 16 nitrogen and oxygen atoms in total. The molecular formula is C34H59NO15. The number of carboxylic acid groups (broad SMARTS) is 4. The van der Waals surface area contributed by atoms with E-state index in [-0.39, 0.29) is 25.2 Å². The third-order valence-corrected chi connectivity index (χ3v) is 8.61. The summed E-state index contributed by atoms with van der Waals surface area (Å²) < 4.78 is 11.4. The molecule has 0 aromatic rings. The molecule has 0 amide bonds. The second-order valence-electron chi connectivity index (χ2n) is 13.6. The zero-order valence-corrected chi connectivity index (χ0v) is 29.6. The first-order valence-corrected chi connectivity index (χ1v) is 17.3. The number of carbonyl (C=O) groups excluding carboxylic acids is 2. The van der Waals surface area contributed by atoms with Crippen LogP contribution in [-0.4, -0.2) is 108 Å². The zero-order chi connectivity index (χ0) is 38.6. The normalized spacial score (nSPS) is 17.5. The highest BCUT2D eigenvalue weighted by Crippen LogP contribution is 2.29. The minimum absolute atomic E-state index is 0.0270. The Bertz CT molecular complexity index is 1070. The molecule has 0 fully saturated rings. The summed E-state index contributed by atoms with van der Waals surface area (Å²) in [7, 11) is 0. The number of hydrogen-bond donors (Lipinski definition) is 8. The highest BCUT2D eigenvalue weighted by atomic mass is 16.6. The monoisotopic (exact) mass is 725 g/mol. The predicted octanol–water partition coefficient (Wildman–Crippen LogP) is 2.56. The molecule has 0 aromatic heterocycles. The van der Waals surface area contributed by atoms with Gasteiger partial charge in [0.25, 0.3) is 0 Å². The van der Waals surface area contributed by atoms with E-state index in [0.717, 1.165) is 6.42 Å². The molecule has 0 aliphatic rings. The van der Waals surface area contributed by atoms with E-state index in [1.54, 1.807) is 20.8 Å². The van der Waals surface area contributed by atoms with Gasteiger partial charge in [-0.15, -0.1) is 0 Å². The van der Waals surface area contributed by atoms with Crippen LogP contribution < -0.4 is 5.73 Å². The van der Waals surface area contributed by atoms with Crippen molar-refractivity contribution in [2.75, 3.05) is 0 Å². The number of aliphatic carboxylic acids is 4. The molecule has 0 unspecified atom stereocenters. The fourth-order valence-corrected chi connectivity index (χ4v) is 5.68. The predicted molar refractivity (Wildman–Crippen MR) is 178 cm³/mol. The van der Waals surface area contributed by atoms with Gasteiger partial charge in [-0.3, -0.25) is 28.8 Å². The summed E-state index contributed by atoms with van der Waals surface area (Å²) in [6, 6.07) is -0.476. The molecule has 0 radical (unpaired) electrons. The van der Waals surface area contributed by atoms with Gasteiger partial charge in [0.15, 0.2) is 0 Å². The molecule has 16 heteroatoms. The molecule has 0 aliphatic carbocycles. The lowest BCUT2D eigenvalue weighted by Gasteiger charge is -2.33. The Kier molecular flexibility index (Phi) is 23.1. The second-order valence-corrected chi connectivity index (χ2v) is 13.6. The molecular weight excluding hydrogens is 666 g/mol. The third kappa shape index (κ3) is 21.0. The Morgan fingerprint density at radius 3 is 1.50 bits per heavy atom. The van der Waals surface area contributed by atoms with Crippen LogP contribution in [0.15, 0.2) is 0 Å². The van der Waals surface area contributed by atoms with E-state index < -0.39 is 116 Å². The zero-order valence-electron chi connectivity index (χ0n) is 29.6. The van der Waals surface area contributed by atoms with Gasteiger partial charge >= 0.3 is 35.8 Å². The number of aliphatic hydroxyl groups excluding tert-OH is 3. The first-order chi connectivity index (χ1) is 23.3. The fourth-order valence-electron chi connectivity index (χ4n) is 5.68. The largest absolute Gasteiger partial charge is 0.481 e. The van der Waals surface area contributed by atoms with Gasteiger partial charge in [0, 0.05) is 12.5 Å². The van der Waals surface area contributed by atoms with Gasteiger partial charge in [0.05, 0.1) is 55.8 Å². The minimum atomic E-state index is -1.59. The van der Waals surface area contributed by atoms with Crippen LogP contribution in [-0.2, 0) is 38.2 Å². The fraction of sp³-hybridized carbons (Fsp3) is 0.824. The minimum Gasteiger partial charge on any atom is -0.481 e. The number of hydrogen-bond acceptors (Lipinski definition) is 12. The quantitative estimate of drug-likeness (QED) is 0.0312. The Morgan fingerprint density at radius 2 is 1.08 bits per heavy atom. The Balaban J connectivity index is 5.98. The number of esters is 2. The van der Waals surface area contributed by atoms with E-state index in [4.69, 9.17) is 25.4 Å². The van der Waals surface area contributed by atoms with Gasteiger partial charge in [-0.25, -0.2) is 0 Å². The summed E-state index contributed by atoms with van der Waals surface area (Å²) in [4.78, 5) is 71.6. The average Bonchev–Trinajstić information content (AvgIpc) is 2.99. The van der Waals surface area contributed by atoms with E-state index in [0.29, 0.717) is 38.5 Å². The van der Waals surface area contributed by atoms with Crippen molar-refractivity contribution in [2.45, 2.75) is 154 Å². The van der Waals surface area contributed by atoms with Gasteiger partial charge in [-0.05, 0) is 50.9 Å². The number of aliphatic hydroxyl groups is 3.